The Hall–Kier alpha value is -0.620. The summed E-state index contributed by atoms with van der Waals surface area (Å²) >= 11 is 0. The second kappa shape index (κ2) is 4.98. The number of nitrogens with one attached hydrogen (secondary N) is 1. The third-order valence-electron chi connectivity index (χ3n) is 5.11. The van der Waals surface area contributed by atoms with Gasteiger partial charge in [0.25, 0.3) is 0 Å². The van der Waals surface area contributed by atoms with E-state index >= 15 is 0 Å². The first-order valence-electron chi connectivity index (χ1n) is 7.75. The number of hydrogen-bond donors (Lipinski definition) is 1. The fraction of sp³-hybridized carbons (Fsp3) is 0.929. The maximum atomic E-state index is 12.8. The molecule has 3 rings (SSSR count). The molecule has 114 valence electrons. The lowest BCUT2D eigenvalue weighted by Crippen LogP contribution is -2.44. The van der Waals surface area contributed by atoms with Crippen molar-refractivity contribution in [3.8, 4) is 0 Å². The normalized spacial score (nSPS) is 35.2. The molecule has 2 saturated heterocycles. The van der Waals surface area contributed by atoms with E-state index in [1.54, 1.807) is 0 Å². The number of carbonyl (C=O) groups is 1. The Morgan fingerprint density at radius 1 is 1.35 bits per heavy atom. The molecule has 1 amide bonds. The van der Waals surface area contributed by atoms with Crippen molar-refractivity contribution in [1.29, 1.82) is 0 Å². The van der Waals surface area contributed by atoms with E-state index in [-0.39, 0.29) is 35.0 Å². The van der Waals surface area contributed by atoms with Crippen LogP contribution in [0, 0.1) is 5.92 Å². The molecule has 2 heterocycles. The van der Waals surface area contributed by atoms with Crippen molar-refractivity contribution < 1.29 is 13.2 Å². The smallest absolute Gasteiger partial charge is 0.244 e. The minimum Gasteiger partial charge on any atom is -0.325 e. The molecule has 1 aliphatic carbocycles. The molecule has 0 aromatic heterocycles. The van der Waals surface area contributed by atoms with Crippen molar-refractivity contribution in [2.75, 3.05) is 18.1 Å². The first kappa shape index (κ1) is 14.3. The molecule has 1 N–H and O–H groups in total. The highest BCUT2D eigenvalue weighted by Gasteiger charge is 2.52. The Bertz CT molecular complexity index is 497. The molecule has 20 heavy (non-hydrogen) atoms. The van der Waals surface area contributed by atoms with Gasteiger partial charge in [-0.05, 0) is 31.6 Å². The van der Waals surface area contributed by atoms with Gasteiger partial charge in [-0.15, -0.1) is 0 Å². The standard InChI is InChI=1S/C14H24N2O3S/c1-2-12-15-14(6-3-4-7-14)13(17)16(12)9-11-5-8-20(18,19)10-11/h11-12,15H,2-10H2,1H3. The fourth-order valence-electron chi connectivity index (χ4n) is 4.04. The molecule has 5 nitrogen and oxygen atoms in total. The molecule has 1 saturated carbocycles. The maximum Gasteiger partial charge on any atom is 0.244 e. The van der Waals surface area contributed by atoms with Gasteiger partial charge in [-0.2, -0.15) is 0 Å². The molecular formula is C14H24N2O3S. The molecule has 0 radical (unpaired) electrons. The van der Waals surface area contributed by atoms with E-state index in [0.29, 0.717) is 13.0 Å². The predicted octanol–water partition coefficient (Wildman–Crippen LogP) is 0.902. The molecule has 3 fully saturated rings. The Labute approximate surface area is 121 Å². The number of rotatable bonds is 3. The first-order chi connectivity index (χ1) is 9.46. The zero-order valence-electron chi connectivity index (χ0n) is 12.1. The molecular weight excluding hydrogens is 276 g/mol. The summed E-state index contributed by atoms with van der Waals surface area (Å²) in [5, 5.41) is 3.54. The van der Waals surface area contributed by atoms with Crippen molar-refractivity contribution in [2.24, 2.45) is 5.92 Å². The van der Waals surface area contributed by atoms with Crippen LogP contribution in [-0.2, 0) is 14.6 Å². The topological polar surface area (TPSA) is 66.5 Å². The highest BCUT2D eigenvalue weighted by molar-refractivity contribution is 7.91. The number of hydrogen-bond acceptors (Lipinski definition) is 4. The predicted molar refractivity (Wildman–Crippen MR) is 76.9 cm³/mol. The van der Waals surface area contributed by atoms with Gasteiger partial charge < -0.3 is 4.90 Å². The monoisotopic (exact) mass is 300 g/mol. The van der Waals surface area contributed by atoms with Crippen LogP contribution in [0.25, 0.3) is 0 Å². The average Bonchev–Trinajstić information content (AvgIpc) is 3.06. The van der Waals surface area contributed by atoms with Gasteiger partial charge in [0.2, 0.25) is 5.91 Å². The largest absolute Gasteiger partial charge is 0.325 e. The zero-order chi connectivity index (χ0) is 14.4. The summed E-state index contributed by atoms with van der Waals surface area (Å²) in [6, 6.07) is 0. The lowest BCUT2D eigenvalue weighted by Gasteiger charge is -2.25. The van der Waals surface area contributed by atoms with Crippen molar-refractivity contribution in [3.63, 3.8) is 0 Å². The number of amides is 1. The summed E-state index contributed by atoms with van der Waals surface area (Å²) in [5.74, 6) is 0.873. The third-order valence-corrected chi connectivity index (χ3v) is 6.95. The van der Waals surface area contributed by atoms with E-state index in [1.807, 2.05) is 4.90 Å². The van der Waals surface area contributed by atoms with Crippen LogP contribution in [0.1, 0.15) is 45.4 Å². The van der Waals surface area contributed by atoms with E-state index < -0.39 is 9.84 Å². The van der Waals surface area contributed by atoms with Crippen LogP contribution < -0.4 is 5.32 Å². The maximum absolute atomic E-state index is 12.8. The van der Waals surface area contributed by atoms with Gasteiger partial charge in [0, 0.05) is 6.54 Å². The van der Waals surface area contributed by atoms with Crippen LogP contribution in [0.15, 0.2) is 0 Å². The van der Waals surface area contributed by atoms with E-state index in [1.165, 1.54) is 0 Å². The van der Waals surface area contributed by atoms with E-state index in [2.05, 4.69) is 12.2 Å². The van der Waals surface area contributed by atoms with Crippen LogP contribution in [0.4, 0.5) is 0 Å². The fourth-order valence-corrected chi connectivity index (χ4v) is 5.89. The summed E-state index contributed by atoms with van der Waals surface area (Å²) in [7, 11) is -2.86. The van der Waals surface area contributed by atoms with Crippen LogP contribution in [-0.4, -0.2) is 49.0 Å². The van der Waals surface area contributed by atoms with Crippen LogP contribution >= 0.6 is 0 Å². The van der Waals surface area contributed by atoms with Gasteiger partial charge in [0.15, 0.2) is 9.84 Å². The zero-order valence-corrected chi connectivity index (χ0v) is 12.9. The summed E-state index contributed by atoms with van der Waals surface area (Å²) in [6.45, 7) is 2.68. The Balaban J connectivity index is 1.73. The SMILES string of the molecule is CCC1NC2(CCCC2)C(=O)N1CC1CCS(=O)(=O)C1. The summed E-state index contributed by atoms with van der Waals surface area (Å²) in [4.78, 5) is 14.7. The number of carbonyl (C=O) groups excluding carboxylic acids is 1. The Morgan fingerprint density at radius 3 is 2.60 bits per heavy atom. The van der Waals surface area contributed by atoms with Crippen LogP contribution in [0.3, 0.4) is 0 Å². The van der Waals surface area contributed by atoms with Gasteiger partial charge >= 0.3 is 0 Å². The molecule has 6 heteroatoms. The molecule has 0 aromatic carbocycles. The van der Waals surface area contributed by atoms with Gasteiger partial charge in [-0.1, -0.05) is 19.8 Å². The second-order valence-corrected chi connectivity index (χ2v) is 8.81. The van der Waals surface area contributed by atoms with Crippen LogP contribution in [0.2, 0.25) is 0 Å². The number of nitrogens with zero attached hydrogens (tertiary/aromatic N) is 1. The Kier molecular flexibility index (Phi) is 3.57. The quantitative estimate of drug-likeness (QED) is 0.841. The molecule has 2 aliphatic heterocycles. The van der Waals surface area contributed by atoms with Gasteiger partial charge in [-0.25, -0.2) is 8.42 Å². The molecule has 1 spiro atoms. The van der Waals surface area contributed by atoms with E-state index in [0.717, 1.165) is 32.1 Å². The van der Waals surface area contributed by atoms with E-state index in [4.69, 9.17) is 0 Å². The van der Waals surface area contributed by atoms with Crippen molar-refractivity contribution in [3.05, 3.63) is 0 Å². The lowest BCUT2D eigenvalue weighted by atomic mass is 9.97. The molecule has 2 atom stereocenters. The van der Waals surface area contributed by atoms with Crippen molar-refractivity contribution in [2.45, 2.75) is 57.2 Å². The Morgan fingerprint density at radius 2 is 2.05 bits per heavy atom. The lowest BCUT2D eigenvalue weighted by molar-refractivity contribution is -0.133. The van der Waals surface area contributed by atoms with Crippen molar-refractivity contribution in [1.82, 2.24) is 10.2 Å². The third kappa shape index (κ3) is 2.37. The summed E-state index contributed by atoms with van der Waals surface area (Å²) in [6.07, 6.45) is 5.76. The highest BCUT2D eigenvalue weighted by Crippen LogP contribution is 2.37. The second-order valence-electron chi connectivity index (χ2n) is 6.58. The molecule has 3 aliphatic rings. The molecule has 0 aromatic rings. The first-order valence-corrected chi connectivity index (χ1v) is 9.57. The summed E-state index contributed by atoms with van der Waals surface area (Å²) < 4.78 is 23.2. The minimum atomic E-state index is -2.86. The molecule has 0 bridgehead atoms. The minimum absolute atomic E-state index is 0.0869. The van der Waals surface area contributed by atoms with Gasteiger partial charge in [0.05, 0.1) is 23.2 Å². The highest BCUT2D eigenvalue weighted by atomic mass is 32.2. The van der Waals surface area contributed by atoms with Gasteiger partial charge in [0.1, 0.15) is 0 Å². The average molecular weight is 300 g/mol. The summed E-state index contributed by atoms with van der Waals surface area (Å²) in [5.41, 5.74) is -0.335. The number of sulfone groups is 1. The van der Waals surface area contributed by atoms with Crippen molar-refractivity contribution >= 4 is 15.7 Å². The molecule has 2 unspecified atom stereocenters. The van der Waals surface area contributed by atoms with Crippen LogP contribution in [0.5, 0.6) is 0 Å². The van der Waals surface area contributed by atoms with Gasteiger partial charge in [-0.3, -0.25) is 10.1 Å². The van der Waals surface area contributed by atoms with E-state index in [9.17, 15) is 13.2 Å².